The van der Waals surface area contributed by atoms with Crippen molar-refractivity contribution >= 4 is 35.1 Å². The highest BCUT2D eigenvalue weighted by Crippen LogP contribution is 2.30. The molecule has 0 radical (unpaired) electrons. The van der Waals surface area contributed by atoms with Crippen molar-refractivity contribution in [2.75, 3.05) is 17.3 Å². The number of hydrogen-bond donors (Lipinski definition) is 2. The number of rotatable bonds is 5. The molecule has 0 aliphatic heterocycles. The highest BCUT2D eigenvalue weighted by molar-refractivity contribution is 6.32. The predicted molar refractivity (Wildman–Crippen MR) is 104 cm³/mol. The van der Waals surface area contributed by atoms with Gasteiger partial charge in [-0.15, -0.1) is 0 Å². The minimum Gasteiger partial charge on any atom is -0.338 e. The maximum atomic E-state index is 14.0. The minimum atomic E-state index is -0.381. The van der Waals surface area contributed by atoms with Crippen molar-refractivity contribution in [3.63, 3.8) is 0 Å². The smallest absolute Gasteiger partial charge is 0.234 e. The van der Waals surface area contributed by atoms with Crippen molar-refractivity contribution in [3.05, 3.63) is 59.1 Å². The van der Waals surface area contributed by atoms with Gasteiger partial charge in [-0.05, 0) is 19.1 Å². The number of benzene rings is 1. The van der Waals surface area contributed by atoms with Gasteiger partial charge in [-0.3, -0.25) is 10.00 Å². The Kier molecular flexibility index (Phi) is 4.66. The van der Waals surface area contributed by atoms with Crippen LogP contribution in [-0.4, -0.2) is 32.4 Å². The third-order valence-corrected chi connectivity index (χ3v) is 4.24. The van der Waals surface area contributed by atoms with Crippen molar-refractivity contribution in [3.8, 4) is 11.3 Å². The highest BCUT2D eigenvalue weighted by atomic mass is 35.5. The van der Waals surface area contributed by atoms with E-state index in [0.717, 1.165) is 5.69 Å². The van der Waals surface area contributed by atoms with Gasteiger partial charge in [-0.2, -0.15) is 10.1 Å². The van der Waals surface area contributed by atoms with E-state index in [1.165, 1.54) is 12.3 Å². The van der Waals surface area contributed by atoms with E-state index < -0.39 is 0 Å². The molecule has 0 fully saturated rings. The van der Waals surface area contributed by atoms with Crippen LogP contribution < -0.4 is 10.2 Å². The van der Waals surface area contributed by atoms with Gasteiger partial charge in [-0.25, -0.2) is 9.37 Å². The summed E-state index contributed by atoms with van der Waals surface area (Å²) in [5.74, 6) is 1.25. The lowest BCUT2D eigenvalue weighted by atomic mass is 10.1. The first-order valence-electron chi connectivity index (χ1n) is 8.28. The van der Waals surface area contributed by atoms with Gasteiger partial charge in [0.05, 0.1) is 6.20 Å². The number of H-pyrrole nitrogens is 1. The van der Waals surface area contributed by atoms with Crippen molar-refractivity contribution in [1.82, 2.24) is 25.3 Å². The van der Waals surface area contributed by atoms with Gasteiger partial charge in [0.25, 0.3) is 0 Å². The van der Waals surface area contributed by atoms with E-state index in [0.29, 0.717) is 39.7 Å². The monoisotopic (exact) mass is 399 g/mol. The fourth-order valence-electron chi connectivity index (χ4n) is 2.53. The van der Waals surface area contributed by atoms with E-state index in [4.69, 9.17) is 16.1 Å². The third-order valence-electron chi connectivity index (χ3n) is 3.96. The van der Waals surface area contributed by atoms with E-state index in [1.807, 2.05) is 13.0 Å². The van der Waals surface area contributed by atoms with Crippen LogP contribution in [0.1, 0.15) is 5.69 Å². The molecule has 2 N–H and O–H groups in total. The Balaban J connectivity index is 1.61. The summed E-state index contributed by atoms with van der Waals surface area (Å²) in [5.41, 5.74) is 1.62. The van der Waals surface area contributed by atoms with Crippen LogP contribution in [0.4, 0.5) is 27.9 Å². The lowest BCUT2D eigenvalue weighted by molar-refractivity contribution is 0.427. The topological polar surface area (TPSA) is 95.8 Å². The summed E-state index contributed by atoms with van der Waals surface area (Å²) in [6.45, 7) is 1.88. The quantitative estimate of drug-likeness (QED) is 0.511. The molecule has 0 bridgehead atoms. The number of nitrogens with one attached hydrogen (secondary N) is 2. The van der Waals surface area contributed by atoms with Crippen molar-refractivity contribution in [1.29, 1.82) is 0 Å². The largest absolute Gasteiger partial charge is 0.338 e. The Hall–Kier alpha value is -3.46. The number of hydrogen-bond acceptors (Lipinski definition) is 7. The number of anilines is 4. The predicted octanol–water partition coefficient (Wildman–Crippen LogP) is 4.47. The van der Waals surface area contributed by atoms with Crippen molar-refractivity contribution in [2.24, 2.45) is 0 Å². The van der Waals surface area contributed by atoms with Gasteiger partial charge in [0.15, 0.2) is 11.6 Å². The third kappa shape index (κ3) is 3.52. The van der Waals surface area contributed by atoms with E-state index in [9.17, 15) is 4.39 Å². The standard InChI is InChI=1S/C18H15ClFN7O/c1-10-7-15(25-24-10)22-17-12(19)9-21-18(23-17)27(2)16-8-14(26-28-16)11-5-3-4-6-13(11)20/h3-9H,1-2H3,(H2,21,22,23,24,25). The zero-order chi connectivity index (χ0) is 19.7. The van der Waals surface area contributed by atoms with Crippen LogP contribution in [0.15, 0.2) is 47.1 Å². The molecule has 28 heavy (non-hydrogen) atoms. The molecule has 10 heteroatoms. The summed E-state index contributed by atoms with van der Waals surface area (Å²) in [5, 5.41) is 14.2. The maximum absolute atomic E-state index is 14.0. The Bertz CT molecular complexity index is 1130. The number of aromatic amines is 1. The van der Waals surface area contributed by atoms with Crippen LogP contribution in [0.2, 0.25) is 5.02 Å². The molecule has 0 atom stereocenters. The Morgan fingerprint density at radius 1 is 1.25 bits per heavy atom. The van der Waals surface area contributed by atoms with Gasteiger partial charge < -0.3 is 9.84 Å². The molecule has 8 nitrogen and oxygen atoms in total. The first kappa shape index (κ1) is 17.9. The molecular formula is C18H15ClFN7O. The molecule has 3 heterocycles. The second-order valence-corrected chi connectivity index (χ2v) is 6.42. The molecule has 0 saturated carbocycles. The van der Waals surface area contributed by atoms with E-state index in [2.05, 4.69) is 30.6 Å². The van der Waals surface area contributed by atoms with Gasteiger partial charge in [0, 0.05) is 30.4 Å². The molecule has 0 aliphatic carbocycles. The zero-order valence-electron chi connectivity index (χ0n) is 14.9. The maximum Gasteiger partial charge on any atom is 0.234 e. The van der Waals surface area contributed by atoms with E-state index in [1.54, 1.807) is 36.2 Å². The molecule has 3 aromatic heterocycles. The molecule has 1 aromatic carbocycles. The molecule has 4 rings (SSSR count). The fraction of sp³-hybridized carbons (Fsp3) is 0.111. The van der Waals surface area contributed by atoms with Crippen molar-refractivity contribution in [2.45, 2.75) is 6.92 Å². The summed E-state index contributed by atoms with van der Waals surface area (Å²) >= 11 is 6.18. The van der Waals surface area contributed by atoms with Gasteiger partial charge in [0.2, 0.25) is 11.8 Å². The average molecular weight is 400 g/mol. The zero-order valence-corrected chi connectivity index (χ0v) is 15.7. The van der Waals surface area contributed by atoms with Gasteiger partial charge >= 0.3 is 0 Å². The van der Waals surface area contributed by atoms with Crippen LogP contribution in [0.3, 0.4) is 0 Å². The summed E-state index contributed by atoms with van der Waals surface area (Å²) in [6, 6.07) is 9.77. The highest BCUT2D eigenvalue weighted by Gasteiger charge is 2.17. The Morgan fingerprint density at radius 3 is 2.82 bits per heavy atom. The second kappa shape index (κ2) is 7.28. The number of halogens is 2. The van der Waals surface area contributed by atoms with Gasteiger partial charge in [0.1, 0.15) is 16.5 Å². The summed E-state index contributed by atoms with van der Waals surface area (Å²) < 4.78 is 19.3. The Labute approximate surface area is 164 Å². The lowest BCUT2D eigenvalue weighted by Crippen LogP contribution is -2.13. The van der Waals surface area contributed by atoms with Crippen LogP contribution in [0.5, 0.6) is 0 Å². The first-order valence-corrected chi connectivity index (χ1v) is 8.66. The molecule has 0 amide bonds. The summed E-state index contributed by atoms with van der Waals surface area (Å²) in [7, 11) is 1.71. The van der Waals surface area contributed by atoms with Crippen LogP contribution >= 0.6 is 11.6 Å². The average Bonchev–Trinajstić information content (AvgIpc) is 3.33. The lowest BCUT2D eigenvalue weighted by Gasteiger charge is -2.14. The minimum absolute atomic E-state index is 0.315. The van der Waals surface area contributed by atoms with Gasteiger partial charge in [-0.1, -0.05) is 28.9 Å². The number of aryl methyl sites for hydroxylation is 1. The first-order chi connectivity index (χ1) is 13.5. The summed E-state index contributed by atoms with van der Waals surface area (Å²) in [6.07, 6.45) is 1.47. The molecule has 4 aromatic rings. The molecule has 0 unspecified atom stereocenters. The van der Waals surface area contributed by atoms with Crippen molar-refractivity contribution < 1.29 is 8.91 Å². The fourth-order valence-corrected chi connectivity index (χ4v) is 2.67. The van der Waals surface area contributed by atoms with E-state index >= 15 is 0 Å². The molecule has 0 aliphatic rings. The van der Waals surface area contributed by atoms with Crippen LogP contribution in [-0.2, 0) is 0 Å². The second-order valence-electron chi connectivity index (χ2n) is 6.02. The van der Waals surface area contributed by atoms with Crippen LogP contribution in [0.25, 0.3) is 11.3 Å². The van der Waals surface area contributed by atoms with Crippen LogP contribution in [0, 0.1) is 12.7 Å². The van der Waals surface area contributed by atoms with E-state index in [-0.39, 0.29) is 5.82 Å². The molecule has 0 saturated heterocycles. The number of aromatic nitrogens is 5. The Morgan fingerprint density at radius 2 is 2.07 bits per heavy atom. The SMILES string of the molecule is Cc1cc(Nc2nc(N(C)c3cc(-c4ccccc4F)no3)ncc2Cl)n[nH]1. The molecule has 0 spiro atoms. The summed E-state index contributed by atoms with van der Waals surface area (Å²) in [4.78, 5) is 10.2. The molecule has 142 valence electrons. The number of nitrogens with zero attached hydrogens (tertiary/aromatic N) is 5. The molecular weight excluding hydrogens is 385 g/mol. The normalized spacial score (nSPS) is 10.9.